The molecule has 0 aliphatic carbocycles. The fraction of sp³-hybridized carbons (Fsp3) is 0.500. The lowest BCUT2D eigenvalue weighted by Gasteiger charge is -2.21. The van der Waals surface area contributed by atoms with E-state index in [1.54, 1.807) is 11.4 Å². The Bertz CT molecular complexity index is 480. The number of aliphatic hydroxyl groups excluding tert-OH is 1. The molecule has 0 aromatic carbocycles. The van der Waals surface area contributed by atoms with Gasteiger partial charge in [0.25, 0.3) is 10.0 Å². The minimum atomic E-state index is -3.72. The average Bonchev–Trinajstić information content (AvgIpc) is 2.76. The van der Waals surface area contributed by atoms with Gasteiger partial charge in [0.05, 0.1) is 12.5 Å². The zero-order chi connectivity index (χ0) is 13.8. The molecule has 8 heteroatoms. The van der Waals surface area contributed by atoms with Crippen molar-refractivity contribution in [2.45, 2.75) is 23.7 Å². The lowest BCUT2D eigenvalue weighted by molar-refractivity contribution is -0.137. The van der Waals surface area contributed by atoms with E-state index in [0.29, 0.717) is 0 Å². The number of rotatable bonds is 7. The molecule has 0 radical (unpaired) electrons. The van der Waals surface area contributed by atoms with Crippen molar-refractivity contribution in [3.63, 3.8) is 0 Å². The SMILES string of the molecule is CC(O)CN(CCC(=O)O)S(=O)(=O)c1cccs1. The number of aliphatic hydroxyl groups is 1. The second-order valence-corrected chi connectivity index (χ2v) is 6.90. The van der Waals surface area contributed by atoms with Crippen LogP contribution in [0.2, 0.25) is 0 Å². The van der Waals surface area contributed by atoms with E-state index in [9.17, 15) is 18.3 Å². The summed E-state index contributed by atoms with van der Waals surface area (Å²) in [5, 5.41) is 19.5. The van der Waals surface area contributed by atoms with Crippen molar-refractivity contribution in [2.75, 3.05) is 13.1 Å². The van der Waals surface area contributed by atoms with E-state index in [2.05, 4.69) is 0 Å². The van der Waals surface area contributed by atoms with E-state index in [-0.39, 0.29) is 23.7 Å². The maximum Gasteiger partial charge on any atom is 0.304 e. The third-order valence-electron chi connectivity index (χ3n) is 2.13. The number of sulfonamides is 1. The number of hydrogen-bond acceptors (Lipinski definition) is 5. The monoisotopic (exact) mass is 293 g/mol. The zero-order valence-electron chi connectivity index (χ0n) is 9.81. The van der Waals surface area contributed by atoms with Crippen LogP contribution in [0.5, 0.6) is 0 Å². The van der Waals surface area contributed by atoms with E-state index >= 15 is 0 Å². The van der Waals surface area contributed by atoms with Gasteiger partial charge in [-0.25, -0.2) is 8.42 Å². The van der Waals surface area contributed by atoms with Gasteiger partial charge in [0.2, 0.25) is 0 Å². The minimum absolute atomic E-state index is 0.118. The van der Waals surface area contributed by atoms with Crippen LogP contribution in [-0.2, 0) is 14.8 Å². The van der Waals surface area contributed by atoms with E-state index < -0.39 is 22.1 Å². The molecule has 6 nitrogen and oxygen atoms in total. The Balaban J connectivity index is 2.91. The van der Waals surface area contributed by atoms with E-state index in [4.69, 9.17) is 5.11 Å². The first kappa shape index (κ1) is 15.1. The summed E-state index contributed by atoms with van der Waals surface area (Å²) in [6.45, 7) is 1.19. The number of carboxylic acids is 1. The molecule has 0 aliphatic heterocycles. The predicted octanol–water partition coefficient (Wildman–Crippen LogP) is 0.594. The smallest absolute Gasteiger partial charge is 0.304 e. The van der Waals surface area contributed by atoms with E-state index in [1.807, 2.05) is 0 Å². The number of aliphatic carboxylic acids is 1. The van der Waals surface area contributed by atoms with Gasteiger partial charge in [-0.3, -0.25) is 4.79 Å². The van der Waals surface area contributed by atoms with E-state index in [1.165, 1.54) is 13.0 Å². The summed E-state index contributed by atoms with van der Waals surface area (Å²) in [5.74, 6) is -1.08. The summed E-state index contributed by atoms with van der Waals surface area (Å²) in [6, 6.07) is 3.06. The Kier molecular flexibility index (Phi) is 5.27. The molecule has 1 aromatic heterocycles. The van der Waals surface area contributed by atoms with Crippen LogP contribution in [-0.4, -0.2) is 48.1 Å². The molecule has 1 unspecified atom stereocenters. The second-order valence-electron chi connectivity index (χ2n) is 3.79. The number of carbonyl (C=O) groups is 1. The molecule has 102 valence electrons. The molecule has 0 fully saturated rings. The Morgan fingerprint density at radius 2 is 2.22 bits per heavy atom. The standard InChI is InChI=1S/C10H15NO5S2/c1-8(12)7-11(5-4-9(13)14)18(15,16)10-3-2-6-17-10/h2-3,6,8,12H,4-5,7H2,1H3,(H,13,14). The summed E-state index contributed by atoms with van der Waals surface area (Å²) in [5.41, 5.74) is 0. The molecule has 1 atom stereocenters. The average molecular weight is 293 g/mol. The van der Waals surface area contributed by atoms with Gasteiger partial charge in [0.15, 0.2) is 0 Å². The number of hydrogen-bond donors (Lipinski definition) is 2. The van der Waals surface area contributed by atoms with Crippen molar-refractivity contribution in [3.8, 4) is 0 Å². The van der Waals surface area contributed by atoms with Gasteiger partial charge < -0.3 is 10.2 Å². The molecule has 0 spiro atoms. The highest BCUT2D eigenvalue weighted by molar-refractivity contribution is 7.91. The van der Waals surface area contributed by atoms with Crippen molar-refractivity contribution in [1.29, 1.82) is 0 Å². The Labute approximate surface area is 110 Å². The summed E-state index contributed by atoms with van der Waals surface area (Å²) in [7, 11) is -3.72. The zero-order valence-corrected chi connectivity index (χ0v) is 11.4. The predicted molar refractivity (Wildman–Crippen MR) is 67.0 cm³/mol. The number of nitrogens with zero attached hydrogens (tertiary/aromatic N) is 1. The molecule has 18 heavy (non-hydrogen) atoms. The van der Waals surface area contributed by atoms with Crippen molar-refractivity contribution in [1.82, 2.24) is 4.31 Å². The molecule has 0 amide bonds. The largest absolute Gasteiger partial charge is 0.481 e. The summed E-state index contributed by atoms with van der Waals surface area (Å²) in [4.78, 5) is 10.5. The van der Waals surface area contributed by atoms with Crippen molar-refractivity contribution in [3.05, 3.63) is 17.5 Å². The summed E-state index contributed by atoms with van der Waals surface area (Å²) in [6.07, 6.45) is -1.15. The number of carboxylic acid groups (broad SMARTS) is 1. The quantitative estimate of drug-likeness (QED) is 0.767. The summed E-state index contributed by atoms with van der Waals surface area (Å²) >= 11 is 1.06. The highest BCUT2D eigenvalue weighted by Crippen LogP contribution is 2.21. The van der Waals surface area contributed by atoms with Crippen molar-refractivity contribution in [2.24, 2.45) is 0 Å². The van der Waals surface area contributed by atoms with Gasteiger partial charge in [-0.15, -0.1) is 11.3 Å². The van der Waals surface area contributed by atoms with Gasteiger partial charge >= 0.3 is 5.97 Å². The fourth-order valence-electron chi connectivity index (χ4n) is 1.36. The first-order chi connectivity index (χ1) is 8.34. The minimum Gasteiger partial charge on any atom is -0.481 e. The number of thiophene rings is 1. The summed E-state index contributed by atoms with van der Waals surface area (Å²) < 4.78 is 25.5. The lowest BCUT2D eigenvalue weighted by Crippen LogP contribution is -2.37. The highest BCUT2D eigenvalue weighted by atomic mass is 32.2. The molecular formula is C10H15NO5S2. The van der Waals surface area contributed by atoms with Gasteiger partial charge in [-0.1, -0.05) is 6.07 Å². The fourth-order valence-corrected chi connectivity index (χ4v) is 4.03. The van der Waals surface area contributed by atoms with Crippen LogP contribution in [0.4, 0.5) is 0 Å². The molecule has 2 N–H and O–H groups in total. The van der Waals surface area contributed by atoms with Crippen LogP contribution < -0.4 is 0 Å². The van der Waals surface area contributed by atoms with Crippen molar-refractivity contribution >= 4 is 27.3 Å². The van der Waals surface area contributed by atoms with Crippen LogP contribution in [0.15, 0.2) is 21.7 Å². The van der Waals surface area contributed by atoms with Crippen molar-refractivity contribution < 1.29 is 23.4 Å². The lowest BCUT2D eigenvalue weighted by atomic mass is 10.4. The molecule has 1 heterocycles. The maximum absolute atomic E-state index is 12.2. The first-order valence-electron chi connectivity index (χ1n) is 5.27. The third kappa shape index (κ3) is 4.05. The van der Waals surface area contributed by atoms with Crippen LogP contribution in [0, 0.1) is 0 Å². The molecule has 1 aromatic rings. The van der Waals surface area contributed by atoms with Gasteiger partial charge in [-0.2, -0.15) is 4.31 Å². The Hall–Kier alpha value is -0.960. The molecule has 0 aliphatic rings. The van der Waals surface area contributed by atoms with Crippen LogP contribution in [0.3, 0.4) is 0 Å². The topological polar surface area (TPSA) is 94.9 Å². The van der Waals surface area contributed by atoms with Crippen LogP contribution in [0.25, 0.3) is 0 Å². The van der Waals surface area contributed by atoms with Gasteiger partial charge in [-0.05, 0) is 18.4 Å². The van der Waals surface area contributed by atoms with Gasteiger partial charge in [0, 0.05) is 13.1 Å². The third-order valence-corrected chi connectivity index (χ3v) is 5.37. The molecule has 0 saturated carbocycles. The molecule has 0 saturated heterocycles. The maximum atomic E-state index is 12.2. The van der Waals surface area contributed by atoms with Crippen LogP contribution in [0.1, 0.15) is 13.3 Å². The Morgan fingerprint density at radius 3 is 2.67 bits per heavy atom. The molecule has 1 rings (SSSR count). The highest BCUT2D eigenvalue weighted by Gasteiger charge is 2.26. The van der Waals surface area contributed by atoms with Gasteiger partial charge in [0.1, 0.15) is 4.21 Å². The van der Waals surface area contributed by atoms with Crippen LogP contribution >= 0.6 is 11.3 Å². The normalized spacial score (nSPS) is 13.7. The first-order valence-corrected chi connectivity index (χ1v) is 7.59. The molecular weight excluding hydrogens is 278 g/mol. The Morgan fingerprint density at radius 1 is 1.56 bits per heavy atom. The second kappa shape index (κ2) is 6.28. The van der Waals surface area contributed by atoms with E-state index in [0.717, 1.165) is 15.6 Å². The molecule has 0 bridgehead atoms.